The van der Waals surface area contributed by atoms with Gasteiger partial charge in [-0.2, -0.15) is 0 Å². The van der Waals surface area contributed by atoms with E-state index in [0.717, 1.165) is 0 Å². The Labute approximate surface area is 119 Å². The van der Waals surface area contributed by atoms with E-state index >= 15 is 0 Å². The molecule has 0 bridgehead atoms. The summed E-state index contributed by atoms with van der Waals surface area (Å²) in [5.74, 6) is -0.394. The van der Waals surface area contributed by atoms with Crippen LogP contribution in [0.5, 0.6) is 0 Å². The van der Waals surface area contributed by atoms with Crippen molar-refractivity contribution >= 4 is 15.9 Å². The molecule has 112 valence electrons. The fourth-order valence-electron chi connectivity index (χ4n) is 1.64. The van der Waals surface area contributed by atoms with E-state index < -0.39 is 15.9 Å². The third-order valence-corrected chi connectivity index (χ3v) is 4.10. The first kappa shape index (κ1) is 16.6. The van der Waals surface area contributed by atoms with Crippen LogP contribution < -0.4 is 10.0 Å². The van der Waals surface area contributed by atoms with Crippen LogP contribution in [0.2, 0.25) is 0 Å². The Balaban J connectivity index is 2.45. The van der Waals surface area contributed by atoms with Gasteiger partial charge in [-0.1, -0.05) is 18.2 Å². The number of hydrogen-bond donors (Lipinski definition) is 3. The zero-order chi connectivity index (χ0) is 15.0. The molecule has 0 aliphatic rings. The largest absolute Gasteiger partial charge is 0.396 e. The molecular formula is C13H20N2O4S. The summed E-state index contributed by atoms with van der Waals surface area (Å²) in [6.07, 6.45) is 1.24. The van der Waals surface area contributed by atoms with E-state index in [1.54, 1.807) is 25.1 Å². The van der Waals surface area contributed by atoms with E-state index in [4.69, 9.17) is 5.11 Å². The highest BCUT2D eigenvalue weighted by Gasteiger charge is 2.15. The molecule has 6 nitrogen and oxygen atoms in total. The van der Waals surface area contributed by atoms with Crippen molar-refractivity contribution in [2.45, 2.75) is 30.7 Å². The fourth-order valence-corrected chi connectivity index (χ4v) is 2.64. The molecule has 0 spiro atoms. The lowest BCUT2D eigenvalue weighted by Gasteiger charge is -2.13. The molecule has 0 saturated carbocycles. The number of amides is 1. The summed E-state index contributed by atoms with van der Waals surface area (Å²) in [7, 11) is -3.66. The topological polar surface area (TPSA) is 95.5 Å². The van der Waals surface area contributed by atoms with Gasteiger partial charge in [0.05, 0.1) is 11.4 Å². The first-order valence-electron chi connectivity index (χ1n) is 6.40. The number of benzene rings is 1. The highest BCUT2D eigenvalue weighted by Crippen LogP contribution is 2.06. The molecular weight excluding hydrogens is 280 g/mol. The van der Waals surface area contributed by atoms with Crippen molar-refractivity contribution in [1.29, 1.82) is 0 Å². The molecule has 7 heteroatoms. The minimum atomic E-state index is -3.66. The molecule has 0 aliphatic carbocycles. The third-order valence-electron chi connectivity index (χ3n) is 2.68. The van der Waals surface area contributed by atoms with Gasteiger partial charge in [0.2, 0.25) is 15.9 Å². The summed E-state index contributed by atoms with van der Waals surface area (Å²) in [5, 5.41) is 11.3. The summed E-state index contributed by atoms with van der Waals surface area (Å²) < 4.78 is 26.0. The van der Waals surface area contributed by atoms with Crippen LogP contribution in [-0.4, -0.2) is 38.6 Å². The summed E-state index contributed by atoms with van der Waals surface area (Å²) in [5.41, 5.74) is 0. The number of rotatable bonds is 8. The Morgan fingerprint density at radius 1 is 1.30 bits per heavy atom. The van der Waals surface area contributed by atoms with Crippen molar-refractivity contribution in [2.24, 2.45) is 0 Å². The molecule has 1 aromatic carbocycles. The van der Waals surface area contributed by atoms with Gasteiger partial charge in [-0.15, -0.1) is 0 Å². The highest BCUT2D eigenvalue weighted by molar-refractivity contribution is 7.89. The predicted octanol–water partition coefficient (Wildman–Crippen LogP) is 0.242. The Kier molecular flexibility index (Phi) is 6.63. The van der Waals surface area contributed by atoms with Gasteiger partial charge in [0.1, 0.15) is 0 Å². The molecule has 0 saturated heterocycles. The number of carbonyl (C=O) groups excluding carboxylic acids is 1. The lowest BCUT2D eigenvalue weighted by molar-refractivity contribution is -0.120. The van der Waals surface area contributed by atoms with E-state index in [1.165, 1.54) is 12.1 Å². The molecule has 0 aliphatic heterocycles. The summed E-state index contributed by atoms with van der Waals surface area (Å²) >= 11 is 0. The minimum Gasteiger partial charge on any atom is -0.396 e. The van der Waals surface area contributed by atoms with Gasteiger partial charge in [0.15, 0.2) is 0 Å². The Hall–Kier alpha value is -1.44. The maximum absolute atomic E-state index is 11.9. The molecule has 0 heterocycles. The monoisotopic (exact) mass is 300 g/mol. The first-order chi connectivity index (χ1) is 9.45. The van der Waals surface area contributed by atoms with Gasteiger partial charge in [-0.05, 0) is 31.9 Å². The van der Waals surface area contributed by atoms with Crippen molar-refractivity contribution in [3.8, 4) is 0 Å². The normalized spacial score (nSPS) is 12.9. The van der Waals surface area contributed by atoms with Gasteiger partial charge in [-0.3, -0.25) is 4.79 Å². The number of aliphatic hydroxyl groups is 1. The molecule has 0 aromatic heterocycles. The van der Waals surface area contributed by atoms with Crippen LogP contribution >= 0.6 is 0 Å². The molecule has 0 radical (unpaired) electrons. The summed E-state index contributed by atoms with van der Waals surface area (Å²) in [4.78, 5) is 11.7. The van der Waals surface area contributed by atoms with E-state index in [9.17, 15) is 13.2 Å². The number of nitrogens with one attached hydrogen (secondary N) is 2. The lowest BCUT2D eigenvalue weighted by Crippen LogP contribution is -2.40. The van der Waals surface area contributed by atoms with Crippen LogP contribution in [0.15, 0.2) is 35.2 Å². The van der Waals surface area contributed by atoms with Gasteiger partial charge in [0, 0.05) is 12.6 Å². The average molecular weight is 300 g/mol. The van der Waals surface area contributed by atoms with Crippen LogP contribution in [-0.2, 0) is 14.8 Å². The van der Waals surface area contributed by atoms with Gasteiger partial charge in [-0.25, -0.2) is 13.1 Å². The highest BCUT2D eigenvalue weighted by atomic mass is 32.2. The third kappa shape index (κ3) is 5.68. The molecule has 1 amide bonds. The van der Waals surface area contributed by atoms with Crippen molar-refractivity contribution in [3.05, 3.63) is 30.3 Å². The Bertz CT molecular complexity index is 516. The van der Waals surface area contributed by atoms with E-state index in [2.05, 4.69) is 10.0 Å². The smallest absolute Gasteiger partial charge is 0.241 e. The second-order valence-electron chi connectivity index (χ2n) is 4.47. The standard InChI is InChI=1S/C13H20N2O4S/c1-11(6-5-9-16)15-13(17)10-14-20(18,19)12-7-3-2-4-8-12/h2-4,7-8,11,14,16H,5-6,9-10H2,1H3,(H,15,17). The fraction of sp³-hybridized carbons (Fsp3) is 0.462. The van der Waals surface area contributed by atoms with Gasteiger partial charge < -0.3 is 10.4 Å². The quantitative estimate of drug-likeness (QED) is 0.641. The zero-order valence-corrected chi connectivity index (χ0v) is 12.2. The van der Waals surface area contributed by atoms with Crippen molar-refractivity contribution < 1.29 is 18.3 Å². The number of sulfonamides is 1. The molecule has 0 fully saturated rings. The zero-order valence-electron chi connectivity index (χ0n) is 11.4. The number of carbonyl (C=O) groups is 1. The van der Waals surface area contributed by atoms with Crippen molar-refractivity contribution in [3.63, 3.8) is 0 Å². The number of hydrogen-bond acceptors (Lipinski definition) is 4. The molecule has 20 heavy (non-hydrogen) atoms. The molecule has 1 rings (SSSR count). The second kappa shape index (κ2) is 7.98. The van der Waals surface area contributed by atoms with Gasteiger partial charge >= 0.3 is 0 Å². The second-order valence-corrected chi connectivity index (χ2v) is 6.24. The molecule has 1 unspecified atom stereocenters. The first-order valence-corrected chi connectivity index (χ1v) is 7.89. The van der Waals surface area contributed by atoms with E-state index in [0.29, 0.717) is 12.8 Å². The van der Waals surface area contributed by atoms with Crippen LogP contribution in [0.25, 0.3) is 0 Å². The summed E-state index contributed by atoms with van der Waals surface area (Å²) in [6, 6.07) is 7.77. The van der Waals surface area contributed by atoms with Crippen LogP contribution in [0, 0.1) is 0 Å². The minimum absolute atomic E-state index is 0.0703. The van der Waals surface area contributed by atoms with Crippen molar-refractivity contribution in [2.75, 3.05) is 13.2 Å². The number of aliphatic hydroxyl groups excluding tert-OH is 1. The molecule has 1 atom stereocenters. The average Bonchev–Trinajstić information content (AvgIpc) is 2.44. The van der Waals surface area contributed by atoms with Crippen LogP contribution in [0.1, 0.15) is 19.8 Å². The van der Waals surface area contributed by atoms with E-state index in [-0.39, 0.29) is 24.1 Å². The van der Waals surface area contributed by atoms with Crippen LogP contribution in [0.3, 0.4) is 0 Å². The molecule has 1 aromatic rings. The Morgan fingerprint density at radius 3 is 2.55 bits per heavy atom. The van der Waals surface area contributed by atoms with E-state index in [1.807, 2.05) is 0 Å². The van der Waals surface area contributed by atoms with Gasteiger partial charge in [0.25, 0.3) is 0 Å². The maximum atomic E-state index is 11.9. The maximum Gasteiger partial charge on any atom is 0.241 e. The molecule has 3 N–H and O–H groups in total. The predicted molar refractivity (Wildman–Crippen MR) is 75.6 cm³/mol. The SMILES string of the molecule is CC(CCCO)NC(=O)CNS(=O)(=O)c1ccccc1. The van der Waals surface area contributed by atoms with Crippen LogP contribution in [0.4, 0.5) is 0 Å². The lowest BCUT2D eigenvalue weighted by atomic mass is 10.2. The summed E-state index contributed by atoms with van der Waals surface area (Å²) in [6.45, 7) is 1.57. The van der Waals surface area contributed by atoms with Crippen molar-refractivity contribution in [1.82, 2.24) is 10.0 Å². The Morgan fingerprint density at radius 2 is 1.95 bits per heavy atom.